The van der Waals surface area contributed by atoms with E-state index in [1.54, 1.807) is 12.4 Å². The molecule has 0 aliphatic heterocycles. The van der Waals surface area contributed by atoms with Gasteiger partial charge >= 0.3 is 0 Å². The number of rotatable bonds is 5. The molecule has 1 rings (SSSR count). The highest BCUT2D eigenvalue weighted by molar-refractivity contribution is 5.00. The van der Waals surface area contributed by atoms with E-state index in [-0.39, 0.29) is 0 Å². The molecule has 4 heteroatoms. The van der Waals surface area contributed by atoms with Crippen LogP contribution < -0.4 is 5.32 Å². The minimum atomic E-state index is -0.641. The van der Waals surface area contributed by atoms with Crippen molar-refractivity contribution in [3.05, 3.63) is 23.8 Å². The van der Waals surface area contributed by atoms with E-state index in [1.165, 1.54) is 0 Å². The zero-order chi connectivity index (χ0) is 11.3. The van der Waals surface area contributed by atoms with Crippen molar-refractivity contribution in [2.75, 3.05) is 6.54 Å². The molecule has 1 aromatic rings. The van der Waals surface area contributed by atoms with Crippen molar-refractivity contribution in [3.63, 3.8) is 0 Å². The molecule has 0 radical (unpaired) electrons. The molecule has 0 aliphatic rings. The fraction of sp³-hybridized carbons (Fsp3) is 0.636. The Balaban J connectivity index is 2.35. The lowest BCUT2D eigenvalue weighted by atomic mass is 10.0. The molecule has 0 spiro atoms. The van der Waals surface area contributed by atoms with Crippen LogP contribution in [0.2, 0.25) is 0 Å². The third-order valence-electron chi connectivity index (χ3n) is 2.41. The maximum atomic E-state index is 9.75. The SMILES string of the molecule is CCC(C)(O)CNCc1cnc(C)cn1. The largest absolute Gasteiger partial charge is 0.389 e. The van der Waals surface area contributed by atoms with E-state index in [9.17, 15) is 5.11 Å². The summed E-state index contributed by atoms with van der Waals surface area (Å²) in [4.78, 5) is 8.37. The van der Waals surface area contributed by atoms with Gasteiger partial charge in [-0.15, -0.1) is 0 Å². The molecule has 0 bridgehead atoms. The van der Waals surface area contributed by atoms with Gasteiger partial charge in [0.05, 0.1) is 17.0 Å². The molecule has 4 nitrogen and oxygen atoms in total. The first-order chi connectivity index (χ1) is 7.03. The molecule has 0 fully saturated rings. The third kappa shape index (κ3) is 4.36. The number of aliphatic hydroxyl groups is 1. The second-order valence-corrected chi connectivity index (χ2v) is 4.10. The number of hydrogen-bond acceptors (Lipinski definition) is 4. The van der Waals surface area contributed by atoms with Crippen molar-refractivity contribution in [1.82, 2.24) is 15.3 Å². The molecular formula is C11H19N3O. The Bertz CT molecular complexity index is 295. The van der Waals surface area contributed by atoms with E-state index in [0.29, 0.717) is 13.1 Å². The molecule has 84 valence electrons. The first kappa shape index (κ1) is 12.1. The van der Waals surface area contributed by atoms with E-state index in [1.807, 2.05) is 20.8 Å². The molecule has 0 saturated carbocycles. The van der Waals surface area contributed by atoms with Crippen molar-refractivity contribution in [2.24, 2.45) is 0 Å². The Kier molecular flexibility index (Phi) is 4.17. The van der Waals surface area contributed by atoms with Gasteiger partial charge in [0.2, 0.25) is 0 Å². The number of nitrogens with one attached hydrogen (secondary N) is 1. The van der Waals surface area contributed by atoms with Crippen molar-refractivity contribution in [1.29, 1.82) is 0 Å². The number of aromatic nitrogens is 2. The van der Waals surface area contributed by atoms with Crippen LogP contribution in [0.5, 0.6) is 0 Å². The highest BCUT2D eigenvalue weighted by atomic mass is 16.3. The van der Waals surface area contributed by atoms with Gasteiger partial charge in [0, 0.05) is 25.5 Å². The van der Waals surface area contributed by atoms with Crippen molar-refractivity contribution < 1.29 is 5.11 Å². The minimum Gasteiger partial charge on any atom is -0.389 e. The lowest BCUT2D eigenvalue weighted by Gasteiger charge is -2.21. The van der Waals surface area contributed by atoms with Gasteiger partial charge in [0.1, 0.15) is 0 Å². The molecule has 1 atom stereocenters. The summed E-state index contributed by atoms with van der Waals surface area (Å²) in [5, 5.41) is 12.9. The van der Waals surface area contributed by atoms with Crippen LogP contribution in [0.4, 0.5) is 0 Å². The summed E-state index contributed by atoms with van der Waals surface area (Å²) in [5.41, 5.74) is 1.17. The fourth-order valence-electron chi connectivity index (χ4n) is 1.10. The standard InChI is InChI=1S/C11H19N3O/c1-4-11(3,15)8-12-6-10-7-13-9(2)5-14-10/h5,7,12,15H,4,6,8H2,1-3H3. The summed E-state index contributed by atoms with van der Waals surface area (Å²) < 4.78 is 0. The van der Waals surface area contributed by atoms with Crippen LogP contribution in [0.3, 0.4) is 0 Å². The highest BCUT2D eigenvalue weighted by Gasteiger charge is 2.16. The van der Waals surface area contributed by atoms with E-state index in [0.717, 1.165) is 17.8 Å². The molecule has 15 heavy (non-hydrogen) atoms. The van der Waals surface area contributed by atoms with Gasteiger partial charge in [-0.25, -0.2) is 0 Å². The molecule has 0 aromatic carbocycles. The molecule has 0 aliphatic carbocycles. The van der Waals surface area contributed by atoms with Gasteiger partial charge < -0.3 is 10.4 Å². The van der Waals surface area contributed by atoms with Gasteiger partial charge in [0.25, 0.3) is 0 Å². The Morgan fingerprint density at radius 3 is 2.67 bits per heavy atom. The molecule has 1 unspecified atom stereocenters. The first-order valence-electron chi connectivity index (χ1n) is 5.24. The van der Waals surface area contributed by atoms with Crippen molar-refractivity contribution in [3.8, 4) is 0 Å². The van der Waals surface area contributed by atoms with Crippen LogP contribution >= 0.6 is 0 Å². The van der Waals surface area contributed by atoms with Gasteiger partial charge in [-0.2, -0.15) is 0 Å². The van der Waals surface area contributed by atoms with E-state index in [2.05, 4.69) is 15.3 Å². The van der Waals surface area contributed by atoms with Gasteiger partial charge in [-0.1, -0.05) is 6.92 Å². The van der Waals surface area contributed by atoms with Gasteiger partial charge in [0.15, 0.2) is 0 Å². The minimum absolute atomic E-state index is 0.569. The molecule has 1 aromatic heterocycles. The summed E-state index contributed by atoms with van der Waals surface area (Å²) in [7, 11) is 0. The quantitative estimate of drug-likeness (QED) is 0.760. The summed E-state index contributed by atoms with van der Waals surface area (Å²) in [5.74, 6) is 0. The van der Waals surface area contributed by atoms with Crippen LogP contribution in [-0.4, -0.2) is 27.2 Å². The Hall–Kier alpha value is -1.00. The van der Waals surface area contributed by atoms with Gasteiger partial charge in [-0.3, -0.25) is 9.97 Å². The second-order valence-electron chi connectivity index (χ2n) is 4.10. The molecule has 0 amide bonds. The molecule has 1 heterocycles. The fourth-order valence-corrected chi connectivity index (χ4v) is 1.10. The van der Waals surface area contributed by atoms with Crippen LogP contribution in [0.1, 0.15) is 31.7 Å². The van der Waals surface area contributed by atoms with E-state index >= 15 is 0 Å². The Morgan fingerprint density at radius 2 is 2.13 bits per heavy atom. The lowest BCUT2D eigenvalue weighted by Crippen LogP contribution is -2.36. The number of nitrogens with zero attached hydrogens (tertiary/aromatic N) is 2. The Morgan fingerprint density at radius 1 is 1.40 bits per heavy atom. The topological polar surface area (TPSA) is 58.0 Å². The summed E-state index contributed by atoms with van der Waals surface area (Å²) in [6.07, 6.45) is 4.23. The zero-order valence-electron chi connectivity index (χ0n) is 9.62. The smallest absolute Gasteiger partial charge is 0.0741 e. The van der Waals surface area contributed by atoms with Gasteiger partial charge in [-0.05, 0) is 20.3 Å². The summed E-state index contributed by atoms with van der Waals surface area (Å²) in [6, 6.07) is 0. The predicted molar refractivity (Wildman–Crippen MR) is 59.4 cm³/mol. The van der Waals surface area contributed by atoms with Crippen LogP contribution in [0.25, 0.3) is 0 Å². The Labute approximate surface area is 90.8 Å². The third-order valence-corrected chi connectivity index (χ3v) is 2.41. The molecular weight excluding hydrogens is 190 g/mol. The van der Waals surface area contributed by atoms with Crippen LogP contribution in [0.15, 0.2) is 12.4 Å². The van der Waals surface area contributed by atoms with Crippen LogP contribution in [-0.2, 0) is 6.54 Å². The van der Waals surface area contributed by atoms with Crippen molar-refractivity contribution >= 4 is 0 Å². The average molecular weight is 209 g/mol. The zero-order valence-corrected chi connectivity index (χ0v) is 9.62. The van der Waals surface area contributed by atoms with Crippen molar-refractivity contribution in [2.45, 2.75) is 39.3 Å². The van der Waals surface area contributed by atoms with E-state index < -0.39 is 5.60 Å². The van der Waals surface area contributed by atoms with E-state index in [4.69, 9.17) is 0 Å². The molecule has 0 saturated heterocycles. The number of aryl methyl sites for hydroxylation is 1. The normalized spacial score (nSPS) is 14.9. The predicted octanol–water partition coefficient (Wildman–Crippen LogP) is 1.04. The highest BCUT2D eigenvalue weighted by Crippen LogP contribution is 2.06. The molecule has 2 N–H and O–H groups in total. The summed E-state index contributed by atoms with van der Waals surface area (Å²) in [6.45, 7) is 6.91. The second kappa shape index (κ2) is 5.19. The average Bonchev–Trinajstić information content (AvgIpc) is 2.21. The monoisotopic (exact) mass is 209 g/mol. The van der Waals surface area contributed by atoms with Crippen LogP contribution in [0, 0.1) is 6.92 Å². The summed E-state index contributed by atoms with van der Waals surface area (Å²) >= 11 is 0. The number of hydrogen-bond donors (Lipinski definition) is 2. The maximum absolute atomic E-state index is 9.75. The first-order valence-corrected chi connectivity index (χ1v) is 5.24. The lowest BCUT2D eigenvalue weighted by molar-refractivity contribution is 0.0555. The maximum Gasteiger partial charge on any atom is 0.0741 e.